The first-order valence-corrected chi connectivity index (χ1v) is 7.10. The Kier molecular flexibility index (Phi) is 4.73. The van der Waals surface area contributed by atoms with Gasteiger partial charge in [0.25, 0.3) is 0 Å². The average molecular weight is 278 g/mol. The number of hydrogen-bond donors (Lipinski definition) is 3. The molecular weight excluding hydrogens is 256 g/mol. The summed E-state index contributed by atoms with van der Waals surface area (Å²) in [5.41, 5.74) is 0.143. The number of pyridine rings is 1. The smallest absolute Gasteiger partial charge is 0.306 e. The first-order chi connectivity index (χ1) is 9.50. The summed E-state index contributed by atoms with van der Waals surface area (Å²) >= 11 is 0. The number of rotatable bonds is 5. The van der Waals surface area contributed by atoms with Gasteiger partial charge in [-0.05, 0) is 44.7 Å². The number of nitrogens with zero attached hydrogens (tertiary/aromatic N) is 1. The number of aromatic nitrogens is 1. The van der Waals surface area contributed by atoms with Crippen molar-refractivity contribution in [3.63, 3.8) is 0 Å². The van der Waals surface area contributed by atoms with Crippen LogP contribution >= 0.6 is 0 Å². The molecule has 0 radical (unpaired) electrons. The van der Waals surface area contributed by atoms with E-state index in [1.807, 2.05) is 25.1 Å². The van der Waals surface area contributed by atoms with Crippen LogP contribution in [0.4, 0.5) is 0 Å². The van der Waals surface area contributed by atoms with Crippen LogP contribution in [0.5, 0.6) is 0 Å². The van der Waals surface area contributed by atoms with E-state index < -0.39 is 11.6 Å². The highest BCUT2D eigenvalue weighted by molar-refractivity contribution is 5.70. The average Bonchev–Trinajstić information content (AvgIpc) is 2.46. The molecule has 5 heteroatoms. The molecule has 0 bridgehead atoms. The summed E-state index contributed by atoms with van der Waals surface area (Å²) in [4.78, 5) is 15.2. The van der Waals surface area contributed by atoms with E-state index in [2.05, 4.69) is 10.3 Å². The minimum absolute atomic E-state index is 0.0671. The molecule has 1 aromatic rings. The third-order valence-corrected chi connectivity index (χ3v) is 4.13. The fourth-order valence-electron chi connectivity index (χ4n) is 2.66. The predicted octanol–water partition coefficient (Wildman–Crippen LogP) is 1.74. The van der Waals surface area contributed by atoms with E-state index in [4.69, 9.17) is 5.11 Å². The summed E-state index contributed by atoms with van der Waals surface area (Å²) in [6.45, 7) is 2.48. The third-order valence-electron chi connectivity index (χ3n) is 4.13. The van der Waals surface area contributed by atoms with Crippen molar-refractivity contribution in [2.45, 2.75) is 44.2 Å². The Hall–Kier alpha value is -1.46. The van der Waals surface area contributed by atoms with Crippen molar-refractivity contribution >= 4 is 5.97 Å². The maximum atomic E-state index is 10.9. The number of carboxylic acids is 1. The normalized spacial score (nSPS) is 28.0. The molecule has 1 aliphatic rings. The molecule has 5 nitrogen and oxygen atoms in total. The lowest BCUT2D eigenvalue weighted by Gasteiger charge is -2.35. The van der Waals surface area contributed by atoms with Crippen LogP contribution < -0.4 is 5.32 Å². The van der Waals surface area contributed by atoms with Crippen molar-refractivity contribution in [1.82, 2.24) is 10.3 Å². The summed E-state index contributed by atoms with van der Waals surface area (Å²) in [5.74, 6) is -1.05. The third kappa shape index (κ3) is 3.77. The van der Waals surface area contributed by atoms with Gasteiger partial charge in [-0.2, -0.15) is 0 Å². The molecule has 0 aliphatic heterocycles. The predicted molar refractivity (Wildman–Crippen MR) is 75.2 cm³/mol. The van der Waals surface area contributed by atoms with E-state index in [0.29, 0.717) is 32.2 Å². The fraction of sp³-hybridized carbons (Fsp3) is 0.600. The zero-order valence-electron chi connectivity index (χ0n) is 11.7. The van der Waals surface area contributed by atoms with E-state index in [1.54, 1.807) is 6.20 Å². The topological polar surface area (TPSA) is 82.5 Å². The van der Waals surface area contributed by atoms with Crippen LogP contribution in [0.25, 0.3) is 0 Å². The highest BCUT2D eigenvalue weighted by Crippen LogP contribution is 2.32. The van der Waals surface area contributed by atoms with Gasteiger partial charge in [-0.15, -0.1) is 0 Å². The largest absolute Gasteiger partial charge is 0.481 e. The number of carbonyl (C=O) groups is 1. The zero-order valence-corrected chi connectivity index (χ0v) is 11.7. The monoisotopic (exact) mass is 278 g/mol. The van der Waals surface area contributed by atoms with E-state index in [9.17, 15) is 9.90 Å². The van der Waals surface area contributed by atoms with Gasteiger partial charge in [0, 0.05) is 18.8 Å². The van der Waals surface area contributed by atoms with Gasteiger partial charge in [0.05, 0.1) is 17.2 Å². The summed E-state index contributed by atoms with van der Waals surface area (Å²) in [6, 6.07) is 5.82. The minimum atomic E-state index is -0.797. The van der Waals surface area contributed by atoms with Gasteiger partial charge in [-0.25, -0.2) is 0 Å². The van der Waals surface area contributed by atoms with Crippen LogP contribution in [0, 0.1) is 5.92 Å². The van der Waals surface area contributed by atoms with Gasteiger partial charge in [0.1, 0.15) is 0 Å². The van der Waals surface area contributed by atoms with Crippen molar-refractivity contribution in [2.75, 3.05) is 6.54 Å². The highest BCUT2D eigenvalue weighted by Gasteiger charge is 2.35. The van der Waals surface area contributed by atoms with Crippen molar-refractivity contribution in [1.29, 1.82) is 0 Å². The number of aliphatic hydroxyl groups is 1. The van der Waals surface area contributed by atoms with Gasteiger partial charge < -0.3 is 15.5 Å². The Morgan fingerprint density at radius 1 is 1.50 bits per heavy atom. The molecule has 3 N–H and O–H groups in total. The lowest BCUT2D eigenvalue weighted by Crippen LogP contribution is -2.45. The first kappa shape index (κ1) is 14.9. The quantitative estimate of drug-likeness (QED) is 0.764. The SMILES string of the molecule is C[C@H](NCC1(O)CCC(C(=O)O)CC1)c1ccccn1. The summed E-state index contributed by atoms with van der Waals surface area (Å²) in [5, 5.41) is 22.8. The molecule has 1 fully saturated rings. The molecule has 1 saturated carbocycles. The van der Waals surface area contributed by atoms with Gasteiger partial charge in [0.2, 0.25) is 0 Å². The Morgan fingerprint density at radius 3 is 2.75 bits per heavy atom. The van der Waals surface area contributed by atoms with Crippen molar-refractivity contribution in [3.8, 4) is 0 Å². The molecule has 110 valence electrons. The van der Waals surface area contributed by atoms with Crippen LogP contribution in [-0.2, 0) is 4.79 Å². The highest BCUT2D eigenvalue weighted by atomic mass is 16.4. The summed E-state index contributed by atoms with van der Waals surface area (Å²) < 4.78 is 0. The van der Waals surface area contributed by atoms with Crippen LogP contribution in [0.15, 0.2) is 24.4 Å². The van der Waals surface area contributed by atoms with Gasteiger partial charge in [-0.3, -0.25) is 9.78 Å². The van der Waals surface area contributed by atoms with Crippen LogP contribution in [0.2, 0.25) is 0 Å². The molecule has 1 atom stereocenters. The molecule has 0 amide bonds. The molecule has 0 unspecified atom stereocenters. The summed E-state index contributed by atoms with van der Waals surface area (Å²) in [7, 11) is 0. The Bertz CT molecular complexity index is 442. The Labute approximate surface area is 119 Å². The molecule has 20 heavy (non-hydrogen) atoms. The molecule has 0 aromatic carbocycles. The molecule has 0 spiro atoms. The molecule has 1 aliphatic carbocycles. The van der Waals surface area contributed by atoms with Crippen LogP contribution in [0.3, 0.4) is 0 Å². The second-order valence-electron chi connectivity index (χ2n) is 5.69. The number of nitrogens with one attached hydrogen (secondary N) is 1. The van der Waals surface area contributed by atoms with Crippen molar-refractivity contribution in [3.05, 3.63) is 30.1 Å². The first-order valence-electron chi connectivity index (χ1n) is 7.10. The maximum Gasteiger partial charge on any atom is 0.306 e. The van der Waals surface area contributed by atoms with Crippen LogP contribution in [-0.4, -0.2) is 33.3 Å². The van der Waals surface area contributed by atoms with Gasteiger partial charge in [0.15, 0.2) is 0 Å². The second-order valence-corrected chi connectivity index (χ2v) is 5.69. The number of carboxylic acid groups (broad SMARTS) is 1. The molecular formula is C15H22N2O3. The standard InChI is InChI=1S/C15H22N2O3/c1-11(13-4-2-3-9-16-13)17-10-15(20)7-5-12(6-8-15)14(18)19/h2-4,9,11-12,17,20H,5-8,10H2,1H3,(H,18,19)/t11-,12?,15?/m0/s1. The zero-order chi connectivity index (χ0) is 14.6. The molecule has 1 aromatic heterocycles. The maximum absolute atomic E-state index is 10.9. The second kappa shape index (κ2) is 6.33. The molecule has 2 rings (SSSR count). The molecule has 0 saturated heterocycles. The Morgan fingerprint density at radius 2 is 2.20 bits per heavy atom. The number of aliphatic carboxylic acids is 1. The fourth-order valence-corrected chi connectivity index (χ4v) is 2.66. The van der Waals surface area contributed by atoms with Crippen molar-refractivity contribution in [2.24, 2.45) is 5.92 Å². The molecule has 1 heterocycles. The van der Waals surface area contributed by atoms with Crippen LogP contribution in [0.1, 0.15) is 44.3 Å². The lowest BCUT2D eigenvalue weighted by atomic mass is 9.78. The van der Waals surface area contributed by atoms with Crippen molar-refractivity contribution < 1.29 is 15.0 Å². The van der Waals surface area contributed by atoms with E-state index in [-0.39, 0.29) is 12.0 Å². The number of hydrogen-bond acceptors (Lipinski definition) is 4. The van der Waals surface area contributed by atoms with Gasteiger partial charge in [-0.1, -0.05) is 6.07 Å². The summed E-state index contributed by atoms with van der Waals surface area (Å²) in [6.07, 6.45) is 3.91. The van der Waals surface area contributed by atoms with Gasteiger partial charge >= 0.3 is 5.97 Å². The van der Waals surface area contributed by atoms with E-state index in [0.717, 1.165) is 5.69 Å². The van der Waals surface area contributed by atoms with E-state index >= 15 is 0 Å². The van der Waals surface area contributed by atoms with E-state index in [1.165, 1.54) is 0 Å². The Balaban J connectivity index is 1.83. The minimum Gasteiger partial charge on any atom is -0.481 e. The lowest BCUT2D eigenvalue weighted by molar-refractivity contribution is -0.144.